The molecule has 3 aromatic rings. The van der Waals surface area contributed by atoms with E-state index < -0.39 is 0 Å². The number of nitrogens with zero attached hydrogens (tertiary/aromatic N) is 3. The SMILES string of the molecule is CCN1CCN(C(=O)c2cc3cc(NC(=O)CC(C)C)ccc3n2Cc2ccc(C(C)(C)C)cc2)CC1. The van der Waals surface area contributed by atoms with Crippen LogP contribution in [0.1, 0.15) is 69.6 Å². The molecular formula is C31H42N4O2. The van der Waals surface area contributed by atoms with Gasteiger partial charge >= 0.3 is 0 Å². The van der Waals surface area contributed by atoms with Crippen molar-refractivity contribution in [3.8, 4) is 0 Å². The number of fused-ring (bicyclic) bond motifs is 1. The van der Waals surface area contributed by atoms with Crippen LogP contribution in [0.15, 0.2) is 48.5 Å². The summed E-state index contributed by atoms with van der Waals surface area (Å²) in [5.74, 6) is 0.383. The Balaban J connectivity index is 1.67. The summed E-state index contributed by atoms with van der Waals surface area (Å²) in [6.07, 6.45) is 0.483. The Morgan fingerprint density at radius 2 is 1.62 bits per heavy atom. The van der Waals surface area contributed by atoms with E-state index in [1.54, 1.807) is 0 Å². The Bertz CT molecular complexity index is 1240. The molecule has 1 N–H and O–H groups in total. The molecule has 1 aromatic heterocycles. The number of rotatable bonds is 7. The first-order valence-electron chi connectivity index (χ1n) is 13.6. The Hall–Kier alpha value is -3.12. The maximum Gasteiger partial charge on any atom is 0.270 e. The second-order valence-electron chi connectivity index (χ2n) is 11.7. The van der Waals surface area contributed by atoms with Crippen molar-refractivity contribution in [1.82, 2.24) is 14.4 Å². The van der Waals surface area contributed by atoms with E-state index in [2.05, 4.69) is 66.7 Å². The largest absolute Gasteiger partial charge is 0.335 e. The van der Waals surface area contributed by atoms with E-state index in [1.165, 1.54) is 5.56 Å². The fourth-order valence-electron chi connectivity index (χ4n) is 5.00. The van der Waals surface area contributed by atoms with Crippen molar-refractivity contribution in [1.29, 1.82) is 0 Å². The highest BCUT2D eigenvalue weighted by Crippen LogP contribution is 2.28. The Labute approximate surface area is 221 Å². The molecule has 0 atom stereocenters. The first-order chi connectivity index (χ1) is 17.5. The second kappa shape index (κ2) is 11.1. The molecule has 37 heavy (non-hydrogen) atoms. The van der Waals surface area contributed by atoms with Gasteiger partial charge < -0.3 is 19.7 Å². The lowest BCUT2D eigenvalue weighted by atomic mass is 9.87. The molecule has 1 aliphatic heterocycles. The lowest BCUT2D eigenvalue weighted by Crippen LogP contribution is -2.48. The van der Waals surface area contributed by atoms with Gasteiger partial charge in [0.05, 0.1) is 0 Å². The molecule has 1 aliphatic rings. The summed E-state index contributed by atoms with van der Waals surface area (Å²) >= 11 is 0. The molecule has 0 aliphatic carbocycles. The van der Waals surface area contributed by atoms with Crippen molar-refractivity contribution in [2.24, 2.45) is 5.92 Å². The van der Waals surface area contributed by atoms with Crippen molar-refractivity contribution in [3.05, 3.63) is 65.4 Å². The molecule has 0 saturated carbocycles. The number of likely N-dealkylation sites (N-methyl/N-ethyl adjacent to an activating group) is 1. The average Bonchev–Trinajstić information content (AvgIpc) is 3.20. The lowest BCUT2D eigenvalue weighted by Gasteiger charge is -2.34. The van der Waals surface area contributed by atoms with E-state index in [4.69, 9.17) is 0 Å². The Kier molecular flexibility index (Phi) is 8.08. The lowest BCUT2D eigenvalue weighted by molar-refractivity contribution is -0.116. The van der Waals surface area contributed by atoms with Gasteiger partial charge in [0, 0.05) is 55.7 Å². The van der Waals surface area contributed by atoms with Crippen LogP contribution in [-0.2, 0) is 16.8 Å². The van der Waals surface area contributed by atoms with Crippen LogP contribution in [0.5, 0.6) is 0 Å². The van der Waals surface area contributed by atoms with Crippen LogP contribution in [0.3, 0.4) is 0 Å². The molecule has 4 rings (SSSR count). The third kappa shape index (κ3) is 6.42. The van der Waals surface area contributed by atoms with Gasteiger partial charge in [-0.05, 0) is 53.3 Å². The summed E-state index contributed by atoms with van der Waals surface area (Å²) in [7, 11) is 0. The molecule has 2 heterocycles. The van der Waals surface area contributed by atoms with Crippen LogP contribution < -0.4 is 5.32 Å². The van der Waals surface area contributed by atoms with Gasteiger partial charge in [-0.15, -0.1) is 0 Å². The fourth-order valence-corrected chi connectivity index (χ4v) is 5.00. The number of piperazine rings is 1. The van der Waals surface area contributed by atoms with Crippen LogP contribution in [-0.4, -0.2) is 58.9 Å². The Morgan fingerprint density at radius 3 is 2.22 bits per heavy atom. The highest BCUT2D eigenvalue weighted by molar-refractivity contribution is 6.00. The minimum Gasteiger partial charge on any atom is -0.335 e. The molecule has 1 fully saturated rings. The number of hydrogen-bond donors (Lipinski definition) is 1. The van der Waals surface area contributed by atoms with E-state index >= 15 is 0 Å². The van der Waals surface area contributed by atoms with Crippen molar-refractivity contribution >= 4 is 28.4 Å². The summed E-state index contributed by atoms with van der Waals surface area (Å²) < 4.78 is 2.13. The minimum atomic E-state index is 0.0119. The molecule has 0 bridgehead atoms. The zero-order valence-corrected chi connectivity index (χ0v) is 23.3. The van der Waals surface area contributed by atoms with E-state index in [0.29, 0.717) is 24.6 Å². The molecule has 0 unspecified atom stereocenters. The van der Waals surface area contributed by atoms with Gasteiger partial charge in [-0.2, -0.15) is 0 Å². The summed E-state index contributed by atoms with van der Waals surface area (Å²) in [4.78, 5) is 30.5. The van der Waals surface area contributed by atoms with Gasteiger partial charge in [0.15, 0.2) is 0 Å². The fraction of sp³-hybridized carbons (Fsp3) is 0.484. The number of anilines is 1. The number of benzene rings is 2. The number of carbonyl (C=O) groups is 2. The third-order valence-electron chi connectivity index (χ3n) is 7.27. The van der Waals surface area contributed by atoms with Gasteiger partial charge in [0.1, 0.15) is 5.69 Å². The molecular weight excluding hydrogens is 460 g/mol. The van der Waals surface area contributed by atoms with Crippen molar-refractivity contribution in [2.75, 3.05) is 38.0 Å². The van der Waals surface area contributed by atoms with Crippen LogP contribution in [0.25, 0.3) is 10.9 Å². The molecule has 198 valence electrons. The second-order valence-corrected chi connectivity index (χ2v) is 11.7. The zero-order valence-electron chi connectivity index (χ0n) is 23.3. The molecule has 1 saturated heterocycles. The van der Waals surface area contributed by atoms with Crippen LogP contribution in [0.4, 0.5) is 5.69 Å². The molecule has 2 amide bonds. The quantitative estimate of drug-likeness (QED) is 0.448. The predicted octanol–water partition coefficient (Wildman–Crippen LogP) is 5.75. The summed E-state index contributed by atoms with van der Waals surface area (Å²) in [6, 6.07) is 16.7. The number of aromatic nitrogens is 1. The molecule has 2 aromatic carbocycles. The highest BCUT2D eigenvalue weighted by Gasteiger charge is 2.25. The van der Waals surface area contributed by atoms with Crippen LogP contribution in [0, 0.1) is 5.92 Å². The summed E-state index contributed by atoms with van der Waals surface area (Å²) in [5, 5.41) is 3.98. The first kappa shape index (κ1) is 26.9. The van der Waals surface area contributed by atoms with Gasteiger partial charge in [0.25, 0.3) is 5.91 Å². The molecule has 6 nitrogen and oxygen atoms in total. The number of nitrogens with one attached hydrogen (secondary N) is 1. The van der Waals surface area contributed by atoms with Gasteiger partial charge in [0.2, 0.25) is 5.91 Å². The van der Waals surface area contributed by atoms with Gasteiger partial charge in [-0.3, -0.25) is 9.59 Å². The van der Waals surface area contributed by atoms with Crippen LogP contribution >= 0.6 is 0 Å². The number of amides is 2. The van der Waals surface area contributed by atoms with Crippen molar-refractivity contribution < 1.29 is 9.59 Å². The van der Waals surface area contributed by atoms with E-state index in [9.17, 15) is 9.59 Å². The number of hydrogen-bond acceptors (Lipinski definition) is 3. The average molecular weight is 503 g/mol. The van der Waals surface area contributed by atoms with Crippen molar-refractivity contribution in [3.63, 3.8) is 0 Å². The normalized spacial score (nSPS) is 14.9. The van der Waals surface area contributed by atoms with Crippen molar-refractivity contribution in [2.45, 2.75) is 59.9 Å². The standard InChI is InChI=1S/C31H42N4O2/c1-7-33-14-16-34(17-15-33)30(37)28-20-24-19-26(32-29(36)18-22(2)3)12-13-27(24)35(28)21-23-8-10-25(11-9-23)31(4,5)6/h8-13,19-20,22H,7,14-18,21H2,1-6H3,(H,32,36). The molecule has 6 heteroatoms. The topological polar surface area (TPSA) is 57.6 Å². The zero-order chi connectivity index (χ0) is 26.7. The Morgan fingerprint density at radius 1 is 0.946 bits per heavy atom. The first-order valence-corrected chi connectivity index (χ1v) is 13.6. The maximum absolute atomic E-state index is 13.8. The minimum absolute atomic E-state index is 0.0119. The summed E-state index contributed by atoms with van der Waals surface area (Å²) in [6.45, 7) is 17.8. The van der Waals surface area contributed by atoms with Gasteiger partial charge in [-0.25, -0.2) is 0 Å². The summed E-state index contributed by atoms with van der Waals surface area (Å²) in [5.41, 5.74) is 5.00. The monoisotopic (exact) mass is 502 g/mol. The smallest absolute Gasteiger partial charge is 0.270 e. The van der Waals surface area contributed by atoms with E-state index in [0.717, 1.165) is 54.9 Å². The van der Waals surface area contributed by atoms with Crippen LogP contribution in [0.2, 0.25) is 0 Å². The molecule has 0 spiro atoms. The predicted molar refractivity (Wildman–Crippen MR) is 152 cm³/mol. The van der Waals surface area contributed by atoms with E-state index in [1.807, 2.05) is 43.0 Å². The van der Waals surface area contributed by atoms with E-state index in [-0.39, 0.29) is 17.2 Å². The third-order valence-corrected chi connectivity index (χ3v) is 7.27. The molecule has 0 radical (unpaired) electrons. The highest BCUT2D eigenvalue weighted by atomic mass is 16.2. The maximum atomic E-state index is 13.8. The van der Waals surface area contributed by atoms with Gasteiger partial charge in [-0.1, -0.05) is 65.8 Å². The number of carbonyl (C=O) groups excluding carboxylic acids is 2.